The molecule has 0 amide bonds. The molecule has 4 aromatic rings. The molecule has 4 rings (SSSR count). The summed E-state index contributed by atoms with van der Waals surface area (Å²) in [5.74, 6) is 1.94. The molecule has 5 nitrogen and oxygen atoms in total. The zero-order valence-electron chi connectivity index (χ0n) is 17.6. The van der Waals surface area contributed by atoms with Crippen LogP contribution in [0.2, 0.25) is 0 Å². The number of rotatable bonds is 5. The number of aldehydes is 1. The molecule has 0 radical (unpaired) electrons. The van der Waals surface area contributed by atoms with Crippen molar-refractivity contribution in [2.24, 2.45) is 5.92 Å². The predicted octanol–water partition coefficient (Wildman–Crippen LogP) is 6.41. The summed E-state index contributed by atoms with van der Waals surface area (Å²) >= 11 is 0. The Labute approximate surface area is 176 Å². The molecule has 1 atom stereocenters. The van der Waals surface area contributed by atoms with E-state index in [9.17, 15) is 4.79 Å². The molecular weight excluding hydrogens is 378 g/mol. The Balaban J connectivity index is 0.000000757. The van der Waals surface area contributed by atoms with Gasteiger partial charge in [-0.25, -0.2) is 0 Å². The van der Waals surface area contributed by atoms with Crippen molar-refractivity contribution >= 4 is 40.7 Å². The van der Waals surface area contributed by atoms with E-state index in [4.69, 9.17) is 13.6 Å². The van der Waals surface area contributed by atoms with Crippen molar-refractivity contribution in [3.05, 3.63) is 67.4 Å². The maximum Gasteiger partial charge on any atom is 0.142 e. The van der Waals surface area contributed by atoms with E-state index < -0.39 is 0 Å². The summed E-state index contributed by atoms with van der Waals surface area (Å²) in [7, 11) is 0. The highest BCUT2D eigenvalue weighted by molar-refractivity contribution is 6.06. The Bertz CT molecular complexity index is 1120. The van der Waals surface area contributed by atoms with E-state index in [0.29, 0.717) is 0 Å². The lowest BCUT2D eigenvalue weighted by molar-refractivity contribution is -0.109. The number of anilines is 1. The molecule has 156 valence electrons. The third kappa shape index (κ3) is 4.69. The summed E-state index contributed by atoms with van der Waals surface area (Å²) in [5.41, 5.74) is 3.48. The molecular formula is C25H27NO4. The molecule has 0 saturated heterocycles. The molecule has 0 saturated carbocycles. The summed E-state index contributed by atoms with van der Waals surface area (Å²) in [6, 6.07) is 15.8. The molecule has 0 bridgehead atoms. The van der Waals surface area contributed by atoms with E-state index in [-0.39, 0.29) is 12.0 Å². The number of carbonyl (C=O) groups excluding carboxylic acids is 2. The summed E-state index contributed by atoms with van der Waals surface area (Å²) in [5, 5.41) is 5.38. The normalized spacial score (nSPS) is 11.3. The number of carbonyl (C=O) groups is 2. The van der Waals surface area contributed by atoms with E-state index >= 15 is 0 Å². The average Bonchev–Trinajstić information content (AvgIpc) is 3.37. The van der Waals surface area contributed by atoms with Gasteiger partial charge < -0.3 is 23.7 Å². The van der Waals surface area contributed by atoms with Crippen LogP contribution in [0, 0.1) is 12.8 Å². The number of aryl methyl sites for hydroxylation is 1. The van der Waals surface area contributed by atoms with Crippen LogP contribution in [0.5, 0.6) is 0 Å². The molecule has 2 aromatic heterocycles. The minimum atomic E-state index is -0.217. The molecule has 0 aliphatic carbocycles. The highest BCUT2D eigenvalue weighted by Crippen LogP contribution is 2.34. The Morgan fingerprint density at radius 2 is 1.53 bits per heavy atom. The summed E-state index contributed by atoms with van der Waals surface area (Å²) in [6.45, 7) is 14.0. The second kappa shape index (κ2) is 10.3. The van der Waals surface area contributed by atoms with Crippen molar-refractivity contribution < 1.29 is 18.4 Å². The fraction of sp³-hybridized carbons (Fsp3) is 0.200. The van der Waals surface area contributed by atoms with Gasteiger partial charge in [-0.05, 0) is 49.2 Å². The minimum Gasteiger partial charge on any atom is -0.461 e. The van der Waals surface area contributed by atoms with Gasteiger partial charge in [-0.1, -0.05) is 19.9 Å². The predicted molar refractivity (Wildman–Crippen MR) is 123 cm³/mol. The number of fused-ring (bicyclic) bond motifs is 3. The van der Waals surface area contributed by atoms with Crippen molar-refractivity contribution in [2.45, 2.75) is 26.8 Å². The van der Waals surface area contributed by atoms with Crippen LogP contribution in [-0.2, 0) is 9.59 Å². The number of nitrogens with one attached hydrogen (secondary N) is 1. The summed E-state index contributed by atoms with van der Waals surface area (Å²) < 4.78 is 11.8. The standard InChI is InChI=1S/C22H21NO3.C2H4.CH2O/c1-13(2)19(12-24)23-16-6-8-18-17-7-5-15(20-9-4-14(3)25-20)10-21(17)26-22(18)11-16;2*1-2/h4-13,19,23H,1-3H3;1-2H2;1H2. The molecule has 2 aromatic carbocycles. The van der Waals surface area contributed by atoms with Crippen LogP contribution in [0.4, 0.5) is 5.69 Å². The minimum absolute atomic E-state index is 0.217. The van der Waals surface area contributed by atoms with Crippen molar-refractivity contribution in [3.8, 4) is 11.3 Å². The van der Waals surface area contributed by atoms with Gasteiger partial charge in [0.15, 0.2) is 0 Å². The lowest BCUT2D eigenvalue weighted by Gasteiger charge is -2.17. The summed E-state index contributed by atoms with van der Waals surface area (Å²) in [6.07, 6.45) is 0.950. The van der Waals surface area contributed by atoms with Crippen molar-refractivity contribution in [1.29, 1.82) is 0 Å². The van der Waals surface area contributed by atoms with Crippen molar-refractivity contribution in [2.75, 3.05) is 5.32 Å². The second-order valence-corrected chi connectivity index (χ2v) is 6.98. The fourth-order valence-corrected chi connectivity index (χ4v) is 3.16. The fourth-order valence-electron chi connectivity index (χ4n) is 3.16. The SMILES string of the molecule is C=C.C=O.Cc1ccc(-c2ccc3c(c2)oc2cc(NC(C=O)C(C)C)ccc23)o1. The van der Waals surface area contributed by atoms with Gasteiger partial charge in [0.2, 0.25) is 0 Å². The summed E-state index contributed by atoms with van der Waals surface area (Å²) in [4.78, 5) is 19.2. The smallest absolute Gasteiger partial charge is 0.142 e. The lowest BCUT2D eigenvalue weighted by Crippen LogP contribution is -2.26. The van der Waals surface area contributed by atoms with E-state index in [1.807, 2.05) is 70.0 Å². The van der Waals surface area contributed by atoms with Crippen LogP contribution >= 0.6 is 0 Å². The maximum atomic E-state index is 11.2. The van der Waals surface area contributed by atoms with E-state index in [2.05, 4.69) is 24.5 Å². The van der Waals surface area contributed by atoms with Gasteiger partial charge in [0.05, 0.1) is 6.04 Å². The molecule has 0 aliphatic rings. The Kier molecular flexibility index (Phi) is 7.76. The van der Waals surface area contributed by atoms with Crippen molar-refractivity contribution in [1.82, 2.24) is 0 Å². The van der Waals surface area contributed by atoms with Gasteiger partial charge in [0, 0.05) is 28.1 Å². The van der Waals surface area contributed by atoms with E-state index in [0.717, 1.165) is 51.0 Å². The first-order valence-electron chi connectivity index (χ1n) is 9.59. The van der Waals surface area contributed by atoms with Crippen LogP contribution in [0.25, 0.3) is 33.3 Å². The first-order valence-corrected chi connectivity index (χ1v) is 9.59. The van der Waals surface area contributed by atoms with Gasteiger partial charge in [-0.2, -0.15) is 0 Å². The average molecular weight is 405 g/mol. The number of hydrogen-bond acceptors (Lipinski definition) is 5. The highest BCUT2D eigenvalue weighted by atomic mass is 16.3. The topological polar surface area (TPSA) is 72.5 Å². The van der Waals surface area contributed by atoms with Gasteiger partial charge in [-0.3, -0.25) is 0 Å². The zero-order valence-corrected chi connectivity index (χ0v) is 17.6. The quantitative estimate of drug-likeness (QED) is 0.307. The Hall–Kier alpha value is -3.60. The van der Waals surface area contributed by atoms with Crippen LogP contribution in [0.3, 0.4) is 0 Å². The van der Waals surface area contributed by atoms with E-state index in [1.54, 1.807) is 0 Å². The number of hydrogen-bond donors (Lipinski definition) is 1. The van der Waals surface area contributed by atoms with Gasteiger partial charge in [0.1, 0.15) is 35.8 Å². The monoisotopic (exact) mass is 405 g/mol. The molecule has 0 spiro atoms. The Morgan fingerprint density at radius 1 is 0.900 bits per heavy atom. The first-order chi connectivity index (χ1) is 14.5. The zero-order chi connectivity index (χ0) is 22.3. The van der Waals surface area contributed by atoms with Crippen LogP contribution in [0.15, 0.2) is 70.5 Å². The van der Waals surface area contributed by atoms with Gasteiger partial charge in [0.25, 0.3) is 0 Å². The largest absolute Gasteiger partial charge is 0.461 e. The molecule has 2 heterocycles. The number of benzene rings is 2. The van der Waals surface area contributed by atoms with Crippen LogP contribution in [0.1, 0.15) is 19.6 Å². The molecule has 5 heteroatoms. The molecule has 1 unspecified atom stereocenters. The lowest BCUT2D eigenvalue weighted by atomic mass is 10.1. The molecule has 30 heavy (non-hydrogen) atoms. The first kappa shape index (κ1) is 22.7. The third-order valence-corrected chi connectivity index (χ3v) is 4.70. The second-order valence-electron chi connectivity index (χ2n) is 6.98. The Morgan fingerprint density at radius 3 is 2.10 bits per heavy atom. The van der Waals surface area contributed by atoms with Crippen LogP contribution < -0.4 is 5.32 Å². The van der Waals surface area contributed by atoms with Crippen LogP contribution in [-0.4, -0.2) is 19.1 Å². The van der Waals surface area contributed by atoms with E-state index in [1.165, 1.54) is 0 Å². The third-order valence-electron chi connectivity index (χ3n) is 4.70. The maximum absolute atomic E-state index is 11.2. The number of furan rings is 2. The van der Waals surface area contributed by atoms with Crippen molar-refractivity contribution in [3.63, 3.8) is 0 Å². The molecule has 0 fully saturated rings. The highest BCUT2D eigenvalue weighted by Gasteiger charge is 2.14. The molecule has 0 aliphatic heterocycles. The van der Waals surface area contributed by atoms with Gasteiger partial charge >= 0.3 is 0 Å². The van der Waals surface area contributed by atoms with Gasteiger partial charge in [-0.15, -0.1) is 13.2 Å². The molecule has 1 N–H and O–H groups in total.